The number of rotatable bonds is 4. The smallest absolute Gasteiger partial charge is 0.320 e. The molecule has 0 fully saturated rings. The fraction of sp³-hybridized carbons (Fsp3) is 0.0588. The van der Waals surface area contributed by atoms with Crippen molar-refractivity contribution >= 4 is 17.9 Å². The molecule has 0 radical (unpaired) electrons. The minimum Gasteiger partial charge on any atom is -0.320 e. The molecule has 1 amide bonds. The first kappa shape index (κ1) is 19.1. The number of anilines is 1. The van der Waals surface area contributed by atoms with E-state index in [0.717, 1.165) is 30.5 Å². The molecule has 0 unspecified atom stereocenters. The third-order valence-corrected chi connectivity index (χ3v) is 3.55. The average Bonchev–Trinajstić information content (AvgIpc) is 3.07. The maximum Gasteiger partial charge on any atom is 0.433 e. The van der Waals surface area contributed by atoms with Crippen molar-refractivity contribution in [2.24, 2.45) is 0 Å². The van der Waals surface area contributed by atoms with Crippen LogP contribution in [-0.4, -0.2) is 27.0 Å². The Labute approximate surface area is 153 Å². The van der Waals surface area contributed by atoms with Gasteiger partial charge >= 0.3 is 6.18 Å². The predicted octanol–water partition coefficient (Wildman–Crippen LogP) is 3.63. The summed E-state index contributed by atoms with van der Waals surface area (Å²) in [5.41, 5.74) is -2.49. The van der Waals surface area contributed by atoms with E-state index in [1.807, 2.05) is 0 Å². The fourth-order valence-electron chi connectivity index (χ4n) is 2.33. The Bertz CT molecular complexity index is 1020. The summed E-state index contributed by atoms with van der Waals surface area (Å²) in [4.78, 5) is 26.5. The van der Waals surface area contributed by atoms with Crippen LogP contribution in [0.1, 0.15) is 26.5 Å². The van der Waals surface area contributed by atoms with Gasteiger partial charge in [-0.05, 0) is 30.3 Å². The molecule has 144 valence electrons. The van der Waals surface area contributed by atoms with Gasteiger partial charge in [0.1, 0.15) is 22.9 Å². The van der Waals surface area contributed by atoms with E-state index in [2.05, 4.69) is 15.4 Å². The highest BCUT2D eigenvalue weighted by molar-refractivity contribution is 6.04. The number of halogens is 5. The van der Waals surface area contributed by atoms with Gasteiger partial charge < -0.3 is 5.32 Å². The maximum absolute atomic E-state index is 13.6. The first-order valence-corrected chi connectivity index (χ1v) is 7.55. The van der Waals surface area contributed by atoms with Crippen molar-refractivity contribution in [3.8, 4) is 5.82 Å². The molecule has 6 nitrogen and oxygen atoms in total. The van der Waals surface area contributed by atoms with E-state index in [-0.39, 0.29) is 17.8 Å². The first-order chi connectivity index (χ1) is 13.2. The van der Waals surface area contributed by atoms with E-state index in [1.165, 1.54) is 6.07 Å². The molecule has 0 saturated carbocycles. The molecular formula is C17H9F5N4O2. The van der Waals surface area contributed by atoms with Crippen LogP contribution in [0, 0.1) is 11.6 Å². The van der Waals surface area contributed by atoms with E-state index in [4.69, 9.17) is 0 Å². The van der Waals surface area contributed by atoms with Gasteiger partial charge in [-0.2, -0.15) is 18.3 Å². The molecule has 0 atom stereocenters. The Morgan fingerprint density at radius 1 is 1.11 bits per heavy atom. The van der Waals surface area contributed by atoms with Gasteiger partial charge in [0.05, 0.1) is 11.9 Å². The van der Waals surface area contributed by atoms with Crippen molar-refractivity contribution in [2.75, 3.05) is 5.32 Å². The number of hydrogen-bond donors (Lipinski definition) is 1. The largest absolute Gasteiger partial charge is 0.433 e. The lowest BCUT2D eigenvalue weighted by molar-refractivity contribution is -0.142. The Hall–Kier alpha value is -3.63. The minimum atomic E-state index is -4.79. The minimum absolute atomic E-state index is 0.0206. The fourth-order valence-corrected chi connectivity index (χ4v) is 2.33. The lowest BCUT2D eigenvalue weighted by Gasteiger charge is -2.10. The SMILES string of the molecule is O=Cc1cc(C(F)(F)F)n(-c2ccc(NC(=O)c3c(F)cccc3F)cn2)n1. The first-order valence-electron chi connectivity index (χ1n) is 7.55. The van der Waals surface area contributed by atoms with Crippen LogP contribution in [0.15, 0.2) is 42.6 Å². The molecule has 0 aliphatic rings. The van der Waals surface area contributed by atoms with Gasteiger partial charge in [-0.25, -0.2) is 18.4 Å². The number of aldehydes is 1. The number of amides is 1. The van der Waals surface area contributed by atoms with Gasteiger partial charge in [0.15, 0.2) is 17.8 Å². The third-order valence-electron chi connectivity index (χ3n) is 3.55. The summed E-state index contributed by atoms with van der Waals surface area (Å²) in [7, 11) is 0. The van der Waals surface area contributed by atoms with Crippen LogP contribution in [-0.2, 0) is 6.18 Å². The molecule has 0 bridgehead atoms. The van der Waals surface area contributed by atoms with Gasteiger partial charge in [0, 0.05) is 0 Å². The van der Waals surface area contributed by atoms with Crippen molar-refractivity contribution in [1.82, 2.24) is 14.8 Å². The predicted molar refractivity (Wildman–Crippen MR) is 86.1 cm³/mol. The zero-order valence-electron chi connectivity index (χ0n) is 13.7. The van der Waals surface area contributed by atoms with Crippen LogP contribution < -0.4 is 5.32 Å². The van der Waals surface area contributed by atoms with Crippen LogP contribution in [0.4, 0.5) is 27.6 Å². The van der Waals surface area contributed by atoms with Crippen molar-refractivity contribution in [3.63, 3.8) is 0 Å². The van der Waals surface area contributed by atoms with Crippen molar-refractivity contribution in [1.29, 1.82) is 0 Å². The Balaban J connectivity index is 1.88. The van der Waals surface area contributed by atoms with E-state index < -0.39 is 40.7 Å². The highest BCUT2D eigenvalue weighted by atomic mass is 19.4. The van der Waals surface area contributed by atoms with Crippen LogP contribution in [0.2, 0.25) is 0 Å². The van der Waals surface area contributed by atoms with Crippen molar-refractivity contribution in [2.45, 2.75) is 6.18 Å². The lowest BCUT2D eigenvalue weighted by Crippen LogP contribution is -2.17. The number of nitrogens with one attached hydrogen (secondary N) is 1. The second kappa shape index (κ2) is 7.18. The topological polar surface area (TPSA) is 76.9 Å². The Morgan fingerprint density at radius 3 is 2.32 bits per heavy atom. The van der Waals surface area contributed by atoms with E-state index in [0.29, 0.717) is 10.7 Å². The molecule has 0 saturated heterocycles. The lowest BCUT2D eigenvalue weighted by atomic mass is 10.2. The van der Waals surface area contributed by atoms with Gasteiger partial charge in [-0.15, -0.1) is 0 Å². The quantitative estimate of drug-likeness (QED) is 0.540. The van der Waals surface area contributed by atoms with E-state index in [1.54, 1.807) is 0 Å². The Kier molecular flexibility index (Phi) is 4.91. The molecule has 1 N–H and O–H groups in total. The molecule has 2 heterocycles. The van der Waals surface area contributed by atoms with Crippen LogP contribution in [0.25, 0.3) is 5.82 Å². The highest BCUT2D eigenvalue weighted by Crippen LogP contribution is 2.31. The highest BCUT2D eigenvalue weighted by Gasteiger charge is 2.36. The molecule has 3 aromatic rings. The monoisotopic (exact) mass is 396 g/mol. The molecule has 28 heavy (non-hydrogen) atoms. The van der Waals surface area contributed by atoms with Gasteiger partial charge in [0.25, 0.3) is 5.91 Å². The third kappa shape index (κ3) is 3.72. The van der Waals surface area contributed by atoms with E-state index in [9.17, 15) is 31.5 Å². The number of carbonyl (C=O) groups is 2. The number of pyridine rings is 1. The molecule has 2 aromatic heterocycles. The summed E-state index contributed by atoms with van der Waals surface area (Å²) in [6.07, 6.45) is -3.65. The van der Waals surface area contributed by atoms with Crippen molar-refractivity contribution in [3.05, 3.63) is 71.2 Å². The van der Waals surface area contributed by atoms with Gasteiger partial charge in [0.2, 0.25) is 0 Å². The zero-order chi connectivity index (χ0) is 20.5. The number of aromatic nitrogens is 3. The molecule has 0 aliphatic carbocycles. The molecule has 0 aliphatic heterocycles. The molecular weight excluding hydrogens is 387 g/mol. The second-order valence-corrected chi connectivity index (χ2v) is 5.44. The van der Waals surface area contributed by atoms with Gasteiger partial charge in [-0.3, -0.25) is 9.59 Å². The summed E-state index contributed by atoms with van der Waals surface area (Å²) in [6.45, 7) is 0. The van der Waals surface area contributed by atoms with Crippen LogP contribution >= 0.6 is 0 Å². The molecule has 1 aromatic carbocycles. The number of hydrogen-bond acceptors (Lipinski definition) is 4. The summed E-state index contributed by atoms with van der Waals surface area (Å²) in [5, 5.41) is 5.70. The summed E-state index contributed by atoms with van der Waals surface area (Å²) in [6, 6.07) is 5.71. The summed E-state index contributed by atoms with van der Waals surface area (Å²) in [5.74, 6) is -3.52. The molecule has 11 heteroatoms. The molecule has 3 rings (SSSR count). The molecule has 0 spiro atoms. The number of carbonyl (C=O) groups excluding carboxylic acids is 2. The van der Waals surface area contributed by atoms with Crippen molar-refractivity contribution < 1.29 is 31.5 Å². The normalized spacial score (nSPS) is 11.3. The summed E-state index contributed by atoms with van der Waals surface area (Å²) >= 11 is 0. The van der Waals surface area contributed by atoms with Crippen LogP contribution in [0.3, 0.4) is 0 Å². The second-order valence-electron chi connectivity index (χ2n) is 5.44. The van der Waals surface area contributed by atoms with E-state index >= 15 is 0 Å². The van der Waals surface area contributed by atoms with Crippen LogP contribution in [0.5, 0.6) is 0 Å². The van der Waals surface area contributed by atoms with Gasteiger partial charge in [-0.1, -0.05) is 6.07 Å². The summed E-state index contributed by atoms with van der Waals surface area (Å²) < 4.78 is 66.9. The average molecular weight is 396 g/mol. The zero-order valence-corrected chi connectivity index (χ0v) is 13.7. The Morgan fingerprint density at radius 2 is 1.79 bits per heavy atom. The number of alkyl halides is 3. The number of nitrogens with zero attached hydrogens (tertiary/aromatic N) is 3. The standard InChI is InChI=1S/C17H9F5N4O2/c18-11-2-1-3-12(19)15(11)16(28)24-9-4-5-14(23-7-9)26-13(17(20,21)22)6-10(8-27)25-26/h1-8H,(H,24,28). The number of benzene rings is 1. The maximum atomic E-state index is 13.6.